The third-order valence-electron chi connectivity index (χ3n) is 4.09. The fourth-order valence-corrected chi connectivity index (χ4v) is 5.86. The molecule has 1 aromatic heterocycles. The Bertz CT molecular complexity index is 613. The van der Waals surface area contributed by atoms with E-state index >= 15 is 0 Å². The third-order valence-corrected chi connectivity index (χ3v) is 7.40. The molecule has 1 heterocycles. The zero-order valence-electron chi connectivity index (χ0n) is 12.3. The van der Waals surface area contributed by atoms with Gasteiger partial charge in [-0.2, -0.15) is 4.31 Å². The first-order valence-corrected chi connectivity index (χ1v) is 9.47. The van der Waals surface area contributed by atoms with E-state index in [1.807, 2.05) is 0 Å². The van der Waals surface area contributed by atoms with Gasteiger partial charge in [0.2, 0.25) is 10.0 Å². The van der Waals surface area contributed by atoms with Crippen LogP contribution in [0.2, 0.25) is 0 Å². The first-order chi connectivity index (χ1) is 9.85. The standard InChI is InChI=1S/C14H21NO4S2/c1-10-9-20-12(14(16)17)13(10)21(18,19)15(2)11-7-5-3-4-6-8-11/h9,11H,3-8H2,1-2H3,(H,16,17). The van der Waals surface area contributed by atoms with Gasteiger partial charge in [-0.3, -0.25) is 0 Å². The Morgan fingerprint density at radius 1 is 1.29 bits per heavy atom. The Morgan fingerprint density at radius 2 is 1.86 bits per heavy atom. The van der Waals surface area contributed by atoms with Crippen molar-refractivity contribution in [3.05, 3.63) is 15.8 Å². The summed E-state index contributed by atoms with van der Waals surface area (Å²) < 4.78 is 27.0. The van der Waals surface area contributed by atoms with Gasteiger partial charge in [0.1, 0.15) is 9.77 Å². The third kappa shape index (κ3) is 3.30. The van der Waals surface area contributed by atoms with Crippen molar-refractivity contribution in [2.75, 3.05) is 7.05 Å². The second-order valence-electron chi connectivity index (χ2n) is 5.55. The van der Waals surface area contributed by atoms with Crippen molar-refractivity contribution in [2.45, 2.75) is 56.4 Å². The van der Waals surface area contributed by atoms with E-state index in [4.69, 9.17) is 0 Å². The fraction of sp³-hybridized carbons (Fsp3) is 0.643. The molecule has 0 atom stereocenters. The lowest BCUT2D eigenvalue weighted by molar-refractivity contribution is 0.0698. The second kappa shape index (κ2) is 6.46. The van der Waals surface area contributed by atoms with Crippen LogP contribution in [-0.2, 0) is 10.0 Å². The number of nitrogens with zero attached hydrogens (tertiary/aromatic N) is 1. The van der Waals surface area contributed by atoms with Crippen LogP contribution >= 0.6 is 11.3 Å². The van der Waals surface area contributed by atoms with E-state index in [-0.39, 0.29) is 15.8 Å². The predicted molar refractivity (Wildman–Crippen MR) is 82.5 cm³/mol. The van der Waals surface area contributed by atoms with Crippen LogP contribution in [-0.4, -0.2) is 36.9 Å². The molecule has 0 spiro atoms. The van der Waals surface area contributed by atoms with E-state index in [2.05, 4.69) is 0 Å². The maximum atomic E-state index is 12.8. The van der Waals surface area contributed by atoms with Crippen LogP contribution in [0.15, 0.2) is 10.3 Å². The van der Waals surface area contributed by atoms with Gasteiger partial charge in [0.25, 0.3) is 0 Å². The molecular formula is C14H21NO4S2. The summed E-state index contributed by atoms with van der Waals surface area (Å²) in [5.74, 6) is -1.18. The summed E-state index contributed by atoms with van der Waals surface area (Å²) in [6, 6.07) is -0.0292. The molecular weight excluding hydrogens is 310 g/mol. The number of carbonyl (C=O) groups is 1. The molecule has 0 radical (unpaired) electrons. The molecule has 7 heteroatoms. The maximum absolute atomic E-state index is 12.8. The minimum atomic E-state index is -3.75. The Labute approximate surface area is 129 Å². The van der Waals surface area contributed by atoms with Crippen molar-refractivity contribution in [3.8, 4) is 0 Å². The number of hydrogen-bond acceptors (Lipinski definition) is 4. The summed E-state index contributed by atoms with van der Waals surface area (Å²) in [6.07, 6.45) is 6.03. The number of aromatic carboxylic acids is 1. The summed E-state index contributed by atoms with van der Waals surface area (Å²) in [7, 11) is -2.18. The van der Waals surface area contributed by atoms with Crippen molar-refractivity contribution in [1.29, 1.82) is 0 Å². The fourth-order valence-electron chi connectivity index (χ4n) is 2.86. The predicted octanol–water partition coefficient (Wildman–Crippen LogP) is 3.10. The minimum absolute atomic E-state index is 0.0292. The van der Waals surface area contributed by atoms with E-state index in [1.54, 1.807) is 19.4 Å². The first-order valence-electron chi connectivity index (χ1n) is 7.15. The Morgan fingerprint density at radius 3 is 2.38 bits per heavy atom. The summed E-state index contributed by atoms with van der Waals surface area (Å²) in [5, 5.41) is 10.8. The summed E-state index contributed by atoms with van der Waals surface area (Å²) in [5.41, 5.74) is 0.512. The monoisotopic (exact) mass is 331 g/mol. The Hall–Kier alpha value is -0.920. The lowest BCUT2D eigenvalue weighted by atomic mass is 10.1. The molecule has 0 saturated heterocycles. The first kappa shape index (κ1) is 16.5. The molecule has 21 heavy (non-hydrogen) atoms. The van der Waals surface area contributed by atoms with Crippen LogP contribution in [0.1, 0.15) is 53.8 Å². The molecule has 0 bridgehead atoms. The lowest BCUT2D eigenvalue weighted by Crippen LogP contribution is -2.37. The molecule has 118 valence electrons. The van der Waals surface area contributed by atoms with E-state index < -0.39 is 16.0 Å². The highest BCUT2D eigenvalue weighted by molar-refractivity contribution is 7.89. The molecule has 1 aliphatic carbocycles. The molecule has 1 aromatic rings. The van der Waals surface area contributed by atoms with E-state index in [1.165, 1.54) is 4.31 Å². The van der Waals surface area contributed by atoms with Gasteiger partial charge in [-0.05, 0) is 30.7 Å². The summed E-state index contributed by atoms with van der Waals surface area (Å²) in [6.45, 7) is 1.65. The number of sulfonamides is 1. The van der Waals surface area contributed by atoms with Crippen molar-refractivity contribution in [3.63, 3.8) is 0 Å². The van der Waals surface area contributed by atoms with Gasteiger partial charge in [-0.15, -0.1) is 11.3 Å². The van der Waals surface area contributed by atoms with Crippen LogP contribution in [0.3, 0.4) is 0 Å². The number of rotatable bonds is 4. The molecule has 0 unspecified atom stereocenters. The van der Waals surface area contributed by atoms with E-state index in [0.29, 0.717) is 5.56 Å². The number of carboxylic acids is 1. The van der Waals surface area contributed by atoms with Crippen LogP contribution < -0.4 is 0 Å². The van der Waals surface area contributed by atoms with Crippen LogP contribution in [0.5, 0.6) is 0 Å². The SMILES string of the molecule is Cc1csc(C(=O)O)c1S(=O)(=O)N(C)C1CCCCCC1. The van der Waals surface area contributed by atoms with Crippen molar-refractivity contribution in [1.82, 2.24) is 4.31 Å². The molecule has 1 saturated carbocycles. The average Bonchev–Trinajstić information content (AvgIpc) is 2.65. The maximum Gasteiger partial charge on any atom is 0.347 e. The second-order valence-corrected chi connectivity index (χ2v) is 8.36. The molecule has 0 aliphatic heterocycles. The molecule has 0 amide bonds. The highest BCUT2D eigenvalue weighted by Crippen LogP contribution is 2.32. The number of hydrogen-bond donors (Lipinski definition) is 1. The van der Waals surface area contributed by atoms with Crippen molar-refractivity contribution < 1.29 is 18.3 Å². The van der Waals surface area contributed by atoms with Gasteiger partial charge in [0, 0.05) is 13.1 Å². The topological polar surface area (TPSA) is 74.7 Å². The molecule has 2 rings (SSSR count). The summed E-state index contributed by atoms with van der Waals surface area (Å²) in [4.78, 5) is 11.1. The van der Waals surface area contributed by atoms with E-state index in [0.717, 1.165) is 49.9 Å². The normalized spacial score (nSPS) is 17.9. The van der Waals surface area contributed by atoms with Crippen LogP contribution in [0, 0.1) is 6.92 Å². The van der Waals surface area contributed by atoms with Crippen molar-refractivity contribution >= 4 is 27.3 Å². The van der Waals surface area contributed by atoms with Gasteiger partial charge < -0.3 is 5.11 Å². The molecule has 0 aromatic carbocycles. The number of aryl methyl sites for hydroxylation is 1. The molecule has 1 N–H and O–H groups in total. The zero-order valence-corrected chi connectivity index (χ0v) is 14.0. The minimum Gasteiger partial charge on any atom is -0.477 e. The van der Waals surface area contributed by atoms with Crippen LogP contribution in [0.4, 0.5) is 0 Å². The molecule has 1 aliphatic rings. The highest BCUT2D eigenvalue weighted by Gasteiger charge is 2.34. The van der Waals surface area contributed by atoms with Gasteiger partial charge in [0.05, 0.1) is 0 Å². The summed E-state index contributed by atoms with van der Waals surface area (Å²) >= 11 is 0.974. The zero-order chi connectivity index (χ0) is 15.6. The van der Waals surface area contributed by atoms with Gasteiger partial charge in [-0.25, -0.2) is 13.2 Å². The lowest BCUT2D eigenvalue weighted by Gasteiger charge is -2.26. The van der Waals surface area contributed by atoms with Crippen LogP contribution in [0.25, 0.3) is 0 Å². The van der Waals surface area contributed by atoms with Crippen molar-refractivity contribution in [2.24, 2.45) is 0 Å². The number of thiophene rings is 1. The average molecular weight is 331 g/mol. The van der Waals surface area contributed by atoms with Gasteiger partial charge in [-0.1, -0.05) is 25.7 Å². The smallest absolute Gasteiger partial charge is 0.347 e. The highest BCUT2D eigenvalue weighted by atomic mass is 32.2. The van der Waals surface area contributed by atoms with E-state index in [9.17, 15) is 18.3 Å². The largest absolute Gasteiger partial charge is 0.477 e. The number of carboxylic acid groups (broad SMARTS) is 1. The van der Waals surface area contributed by atoms with Gasteiger partial charge >= 0.3 is 5.97 Å². The Kier molecular flexibility index (Phi) is 5.06. The molecule has 1 fully saturated rings. The molecule has 5 nitrogen and oxygen atoms in total. The quantitative estimate of drug-likeness (QED) is 0.860. The Balaban J connectivity index is 2.37. The van der Waals surface area contributed by atoms with Gasteiger partial charge in [0.15, 0.2) is 0 Å².